The molecule has 5 nitrogen and oxygen atoms in total. The van der Waals surface area contributed by atoms with Gasteiger partial charge >= 0.3 is 0 Å². The van der Waals surface area contributed by atoms with Gasteiger partial charge in [-0.3, -0.25) is 4.79 Å². The maximum Gasteiger partial charge on any atom is 0.222 e. The van der Waals surface area contributed by atoms with Crippen molar-refractivity contribution in [1.82, 2.24) is 15.1 Å². The van der Waals surface area contributed by atoms with Gasteiger partial charge in [0.2, 0.25) is 17.7 Å². The molecule has 0 bridgehead atoms. The van der Waals surface area contributed by atoms with Gasteiger partial charge in [-0.1, -0.05) is 20.8 Å². The molecule has 20 heavy (non-hydrogen) atoms. The molecule has 112 valence electrons. The second-order valence-electron chi connectivity index (χ2n) is 6.34. The topological polar surface area (TPSA) is 59.2 Å². The fraction of sp³-hybridized carbons (Fsp3) is 0.800. The summed E-state index contributed by atoms with van der Waals surface area (Å²) < 4.78 is 5.44. The van der Waals surface area contributed by atoms with Crippen LogP contribution in [0.3, 0.4) is 0 Å². The maximum absolute atomic E-state index is 12.1. The highest BCUT2D eigenvalue weighted by atomic mass is 16.4. The number of carbonyl (C=O) groups is 1. The van der Waals surface area contributed by atoms with Crippen molar-refractivity contribution in [3.63, 3.8) is 0 Å². The molecule has 0 unspecified atom stereocenters. The predicted molar refractivity (Wildman–Crippen MR) is 76.2 cm³/mol. The molecule has 1 amide bonds. The molecule has 0 spiro atoms. The number of likely N-dealkylation sites (tertiary alicyclic amines) is 1. The Hall–Kier alpha value is -1.39. The lowest BCUT2D eigenvalue weighted by Crippen LogP contribution is -2.41. The van der Waals surface area contributed by atoms with Crippen LogP contribution in [0.15, 0.2) is 4.42 Å². The van der Waals surface area contributed by atoms with E-state index in [9.17, 15) is 4.79 Å². The Morgan fingerprint density at radius 1 is 1.25 bits per heavy atom. The Labute approximate surface area is 120 Å². The van der Waals surface area contributed by atoms with E-state index in [2.05, 4.69) is 24.0 Å². The molecule has 0 N–H and O–H groups in total. The molecule has 0 aliphatic carbocycles. The van der Waals surface area contributed by atoms with Crippen LogP contribution in [-0.2, 0) is 17.6 Å². The molecular weight excluding hydrogens is 254 g/mol. The smallest absolute Gasteiger partial charge is 0.222 e. The largest absolute Gasteiger partial charge is 0.425 e. The maximum atomic E-state index is 12.1. The number of nitrogens with zero attached hydrogens (tertiary/aromatic N) is 3. The van der Waals surface area contributed by atoms with Crippen LogP contribution in [0.2, 0.25) is 0 Å². The van der Waals surface area contributed by atoms with Crippen molar-refractivity contribution in [2.75, 3.05) is 13.1 Å². The van der Waals surface area contributed by atoms with E-state index in [1.165, 1.54) is 0 Å². The number of aryl methyl sites for hydroxylation is 2. The van der Waals surface area contributed by atoms with Crippen molar-refractivity contribution in [3.8, 4) is 0 Å². The van der Waals surface area contributed by atoms with E-state index < -0.39 is 0 Å². The van der Waals surface area contributed by atoms with E-state index in [0.717, 1.165) is 38.8 Å². The summed E-state index contributed by atoms with van der Waals surface area (Å²) >= 11 is 0. The van der Waals surface area contributed by atoms with Crippen molar-refractivity contribution in [3.05, 3.63) is 11.8 Å². The summed E-state index contributed by atoms with van der Waals surface area (Å²) in [7, 11) is 0. The minimum atomic E-state index is 0.260. The Kier molecular flexibility index (Phi) is 4.78. The zero-order valence-electron chi connectivity index (χ0n) is 12.8. The van der Waals surface area contributed by atoms with Gasteiger partial charge < -0.3 is 9.32 Å². The van der Waals surface area contributed by atoms with Gasteiger partial charge in [0, 0.05) is 32.4 Å². The zero-order chi connectivity index (χ0) is 14.6. The molecular formula is C15H25N3O2. The molecule has 1 aromatic rings. The van der Waals surface area contributed by atoms with Crippen LogP contribution in [0.4, 0.5) is 0 Å². The van der Waals surface area contributed by atoms with Gasteiger partial charge in [-0.25, -0.2) is 0 Å². The monoisotopic (exact) mass is 279 g/mol. The van der Waals surface area contributed by atoms with Crippen LogP contribution < -0.4 is 0 Å². The number of hydrogen-bond donors (Lipinski definition) is 0. The average molecular weight is 279 g/mol. The molecule has 1 aliphatic rings. The molecule has 2 rings (SSSR count). The lowest BCUT2D eigenvalue weighted by Gasteiger charge is -2.37. The van der Waals surface area contributed by atoms with Gasteiger partial charge in [-0.05, 0) is 24.7 Å². The Bertz CT molecular complexity index is 444. The van der Waals surface area contributed by atoms with Crippen molar-refractivity contribution < 1.29 is 9.21 Å². The summed E-state index contributed by atoms with van der Waals surface area (Å²) in [4.78, 5) is 14.1. The first-order valence-electron chi connectivity index (χ1n) is 7.59. The third kappa shape index (κ3) is 4.05. The van der Waals surface area contributed by atoms with Crippen LogP contribution in [-0.4, -0.2) is 34.1 Å². The number of rotatable bonds is 5. The molecule has 1 aromatic heterocycles. The minimum absolute atomic E-state index is 0.260. The molecule has 0 aromatic carbocycles. The molecule has 1 aliphatic heterocycles. The standard InChI is InChI=1S/C15H25N3O2/c1-4-12-16-17-13(20-12)6-5-7-14(19)18-10-8-15(2,3)9-11-18/h4-11H2,1-3H3. The van der Waals surface area contributed by atoms with Crippen molar-refractivity contribution >= 4 is 5.91 Å². The number of piperidine rings is 1. The normalized spacial score (nSPS) is 18.2. The predicted octanol–water partition coefficient (Wildman–Crippen LogP) is 2.60. The Balaban J connectivity index is 1.70. The highest BCUT2D eigenvalue weighted by molar-refractivity contribution is 5.76. The van der Waals surface area contributed by atoms with Gasteiger partial charge in [0.1, 0.15) is 0 Å². The van der Waals surface area contributed by atoms with E-state index in [4.69, 9.17) is 4.42 Å². The fourth-order valence-corrected chi connectivity index (χ4v) is 2.44. The van der Waals surface area contributed by atoms with E-state index >= 15 is 0 Å². The van der Waals surface area contributed by atoms with Crippen molar-refractivity contribution in [1.29, 1.82) is 0 Å². The van der Waals surface area contributed by atoms with E-state index in [1.807, 2.05) is 11.8 Å². The van der Waals surface area contributed by atoms with Gasteiger partial charge in [0.25, 0.3) is 0 Å². The number of aromatic nitrogens is 2. The Morgan fingerprint density at radius 2 is 1.90 bits per heavy atom. The van der Waals surface area contributed by atoms with Crippen molar-refractivity contribution in [2.24, 2.45) is 5.41 Å². The summed E-state index contributed by atoms with van der Waals surface area (Å²) in [5.41, 5.74) is 0.386. The molecule has 2 heterocycles. The summed E-state index contributed by atoms with van der Waals surface area (Å²) in [5.74, 6) is 1.58. The molecule has 1 fully saturated rings. The molecule has 1 saturated heterocycles. The molecule has 5 heteroatoms. The van der Waals surface area contributed by atoms with Crippen LogP contribution >= 0.6 is 0 Å². The molecule has 0 saturated carbocycles. The average Bonchev–Trinajstić information content (AvgIpc) is 2.86. The van der Waals surface area contributed by atoms with Gasteiger partial charge in [-0.15, -0.1) is 10.2 Å². The first-order valence-corrected chi connectivity index (χ1v) is 7.59. The summed E-state index contributed by atoms with van der Waals surface area (Å²) in [6.45, 7) is 8.32. The van der Waals surface area contributed by atoms with Crippen LogP contribution in [0.1, 0.15) is 58.2 Å². The van der Waals surface area contributed by atoms with Crippen LogP contribution in [0.25, 0.3) is 0 Å². The van der Waals surface area contributed by atoms with Gasteiger partial charge in [-0.2, -0.15) is 0 Å². The fourth-order valence-electron chi connectivity index (χ4n) is 2.44. The van der Waals surface area contributed by atoms with E-state index in [0.29, 0.717) is 30.0 Å². The number of hydrogen-bond acceptors (Lipinski definition) is 4. The second kappa shape index (κ2) is 6.37. The van der Waals surface area contributed by atoms with Crippen LogP contribution in [0, 0.1) is 5.41 Å². The quantitative estimate of drug-likeness (QED) is 0.831. The third-order valence-electron chi connectivity index (χ3n) is 4.06. The lowest BCUT2D eigenvalue weighted by molar-refractivity contribution is -0.133. The van der Waals surface area contributed by atoms with E-state index in [-0.39, 0.29) is 5.91 Å². The first-order chi connectivity index (χ1) is 9.50. The zero-order valence-corrected chi connectivity index (χ0v) is 12.8. The van der Waals surface area contributed by atoms with Gasteiger partial charge in [0.15, 0.2) is 0 Å². The Morgan fingerprint density at radius 3 is 2.50 bits per heavy atom. The highest BCUT2D eigenvalue weighted by Crippen LogP contribution is 2.29. The van der Waals surface area contributed by atoms with Crippen LogP contribution in [0.5, 0.6) is 0 Å². The van der Waals surface area contributed by atoms with Gasteiger partial charge in [0.05, 0.1) is 0 Å². The first kappa shape index (κ1) is 15.0. The molecule has 0 radical (unpaired) electrons. The van der Waals surface area contributed by atoms with E-state index in [1.54, 1.807) is 0 Å². The van der Waals surface area contributed by atoms with Crippen molar-refractivity contribution in [2.45, 2.75) is 59.3 Å². The lowest BCUT2D eigenvalue weighted by atomic mass is 9.82. The summed E-state index contributed by atoms with van der Waals surface area (Å²) in [6.07, 6.45) is 5.01. The highest BCUT2D eigenvalue weighted by Gasteiger charge is 2.27. The number of carbonyl (C=O) groups excluding carboxylic acids is 1. The summed E-state index contributed by atoms with van der Waals surface area (Å²) in [5, 5.41) is 7.90. The SMILES string of the molecule is CCc1nnc(CCCC(=O)N2CCC(C)(C)CC2)o1. The number of amides is 1. The third-order valence-corrected chi connectivity index (χ3v) is 4.06. The molecule has 0 atom stereocenters. The second-order valence-corrected chi connectivity index (χ2v) is 6.34. The summed E-state index contributed by atoms with van der Waals surface area (Å²) in [6, 6.07) is 0. The minimum Gasteiger partial charge on any atom is -0.425 e.